The van der Waals surface area contributed by atoms with Crippen LogP contribution >= 0.6 is 0 Å². The van der Waals surface area contributed by atoms with Gasteiger partial charge in [0.25, 0.3) is 0 Å². The maximum atomic E-state index is 13.8. The maximum absolute atomic E-state index is 13.8. The quantitative estimate of drug-likeness (QED) is 0.809. The number of rotatable bonds is 3. The molecule has 1 aromatic carbocycles. The van der Waals surface area contributed by atoms with E-state index in [1.54, 1.807) is 24.3 Å². The van der Waals surface area contributed by atoms with Crippen molar-refractivity contribution >= 4 is 5.91 Å². The van der Waals surface area contributed by atoms with Gasteiger partial charge in [-0.3, -0.25) is 4.79 Å². The van der Waals surface area contributed by atoms with Crippen molar-refractivity contribution in [3.8, 4) is 0 Å². The van der Waals surface area contributed by atoms with Crippen LogP contribution in [0.15, 0.2) is 24.3 Å². The molecule has 1 fully saturated rings. The molecular weight excluding hydrogens is 197 g/mol. The second-order valence-electron chi connectivity index (χ2n) is 3.84. The Morgan fingerprint density at radius 3 is 2.67 bits per heavy atom. The molecule has 0 atom stereocenters. The van der Waals surface area contributed by atoms with Crippen LogP contribution in [0.5, 0.6) is 0 Å². The molecule has 15 heavy (non-hydrogen) atoms. The van der Waals surface area contributed by atoms with E-state index >= 15 is 0 Å². The average molecular weight is 209 g/mol. The van der Waals surface area contributed by atoms with Crippen molar-refractivity contribution in [1.29, 1.82) is 0 Å². The SMILES string of the molecule is NC(=O)c1ccccc1CC1(F)COC1. The molecule has 1 amide bonds. The molecule has 2 N–H and O–H groups in total. The summed E-state index contributed by atoms with van der Waals surface area (Å²) < 4.78 is 18.6. The summed E-state index contributed by atoms with van der Waals surface area (Å²) >= 11 is 0. The molecule has 0 spiro atoms. The highest BCUT2D eigenvalue weighted by Crippen LogP contribution is 2.27. The fraction of sp³-hybridized carbons (Fsp3) is 0.364. The zero-order chi connectivity index (χ0) is 10.9. The molecule has 0 unspecified atom stereocenters. The Labute approximate surface area is 87.0 Å². The van der Waals surface area contributed by atoms with Crippen molar-refractivity contribution in [3.63, 3.8) is 0 Å². The van der Waals surface area contributed by atoms with Crippen LogP contribution in [0, 0.1) is 0 Å². The van der Waals surface area contributed by atoms with Crippen molar-refractivity contribution in [2.75, 3.05) is 13.2 Å². The van der Waals surface area contributed by atoms with Crippen molar-refractivity contribution in [2.24, 2.45) is 5.73 Å². The molecule has 0 bridgehead atoms. The standard InChI is InChI=1S/C11H12FNO2/c12-11(6-15-7-11)5-8-3-1-2-4-9(8)10(13)14/h1-4H,5-7H2,(H2,13,14). The van der Waals surface area contributed by atoms with E-state index in [0.717, 1.165) is 0 Å². The van der Waals surface area contributed by atoms with Crippen LogP contribution < -0.4 is 5.73 Å². The monoisotopic (exact) mass is 209 g/mol. The predicted molar refractivity (Wildman–Crippen MR) is 53.3 cm³/mol. The number of ether oxygens (including phenoxy) is 1. The van der Waals surface area contributed by atoms with E-state index < -0.39 is 11.6 Å². The van der Waals surface area contributed by atoms with Crippen LogP contribution in [-0.4, -0.2) is 24.8 Å². The lowest BCUT2D eigenvalue weighted by Crippen LogP contribution is -2.47. The number of hydrogen-bond donors (Lipinski definition) is 1. The van der Waals surface area contributed by atoms with Crippen molar-refractivity contribution in [2.45, 2.75) is 12.1 Å². The highest BCUT2D eigenvalue weighted by molar-refractivity contribution is 5.94. The summed E-state index contributed by atoms with van der Waals surface area (Å²) in [6, 6.07) is 6.82. The largest absolute Gasteiger partial charge is 0.375 e. The minimum Gasteiger partial charge on any atom is -0.375 e. The Hall–Kier alpha value is -1.42. The number of primary amides is 1. The van der Waals surface area contributed by atoms with Crippen LogP contribution in [0.2, 0.25) is 0 Å². The van der Waals surface area contributed by atoms with Crippen molar-refractivity contribution in [1.82, 2.24) is 0 Å². The second kappa shape index (κ2) is 3.62. The smallest absolute Gasteiger partial charge is 0.248 e. The first-order valence-corrected chi connectivity index (χ1v) is 4.75. The number of benzene rings is 1. The molecule has 0 saturated carbocycles. The van der Waals surface area contributed by atoms with Gasteiger partial charge in [-0.2, -0.15) is 0 Å². The molecule has 1 saturated heterocycles. The molecule has 1 heterocycles. The van der Waals surface area contributed by atoms with Crippen LogP contribution in [0.1, 0.15) is 15.9 Å². The fourth-order valence-electron chi connectivity index (χ4n) is 1.68. The first-order chi connectivity index (χ1) is 7.11. The number of amides is 1. The van der Waals surface area contributed by atoms with Gasteiger partial charge in [-0.1, -0.05) is 18.2 Å². The van der Waals surface area contributed by atoms with Crippen LogP contribution in [-0.2, 0) is 11.2 Å². The van der Waals surface area contributed by atoms with Gasteiger partial charge in [0.15, 0.2) is 5.67 Å². The lowest BCUT2D eigenvalue weighted by Gasteiger charge is -2.34. The number of carbonyl (C=O) groups is 1. The first-order valence-electron chi connectivity index (χ1n) is 4.75. The number of nitrogens with two attached hydrogens (primary N) is 1. The Morgan fingerprint density at radius 2 is 2.13 bits per heavy atom. The lowest BCUT2D eigenvalue weighted by molar-refractivity contribution is -0.128. The number of hydrogen-bond acceptors (Lipinski definition) is 2. The minimum absolute atomic E-state index is 0.0973. The maximum Gasteiger partial charge on any atom is 0.248 e. The molecular formula is C11H12FNO2. The third-order valence-corrected chi connectivity index (χ3v) is 2.51. The average Bonchev–Trinajstić information content (AvgIpc) is 2.16. The Morgan fingerprint density at radius 1 is 1.47 bits per heavy atom. The van der Waals surface area contributed by atoms with Gasteiger partial charge in [0.2, 0.25) is 5.91 Å². The molecule has 1 aliphatic heterocycles. The van der Waals surface area contributed by atoms with Crippen molar-refractivity contribution in [3.05, 3.63) is 35.4 Å². The van der Waals surface area contributed by atoms with E-state index in [4.69, 9.17) is 10.5 Å². The zero-order valence-electron chi connectivity index (χ0n) is 8.20. The Balaban J connectivity index is 2.23. The molecule has 4 heteroatoms. The normalized spacial score (nSPS) is 18.2. The third-order valence-electron chi connectivity index (χ3n) is 2.51. The minimum atomic E-state index is -1.33. The summed E-state index contributed by atoms with van der Waals surface area (Å²) in [4.78, 5) is 11.1. The van der Waals surface area contributed by atoms with Gasteiger partial charge in [0.05, 0.1) is 13.2 Å². The van der Waals surface area contributed by atoms with E-state index in [1.165, 1.54) is 0 Å². The Bertz CT molecular complexity index is 388. The van der Waals surface area contributed by atoms with E-state index in [-0.39, 0.29) is 19.6 Å². The van der Waals surface area contributed by atoms with Crippen molar-refractivity contribution < 1.29 is 13.9 Å². The molecule has 1 aliphatic rings. The molecule has 1 aromatic rings. The van der Waals surface area contributed by atoms with Gasteiger partial charge in [0, 0.05) is 12.0 Å². The van der Waals surface area contributed by atoms with Gasteiger partial charge >= 0.3 is 0 Å². The molecule has 80 valence electrons. The van der Waals surface area contributed by atoms with E-state index in [9.17, 15) is 9.18 Å². The summed E-state index contributed by atoms with van der Waals surface area (Å²) in [6.07, 6.45) is 0.187. The molecule has 0 aliphatic carbocycles. The van der Waals surface area contributed by atoms with Gasteiger partial charge < -0.3 is 10.5 Å². The molecule has 2 rings (SSSR count). The third kappa shape index (κ3) is 1.99. The molecule has 0 aromatic heterocycles. The fourth-order valence-corrected chi connectivity index (χ4v) is 1.68. The highest BCUT2D eigenvalue weighted by Gasteiger charge is 2.39. The van der Waals surface area contributed by atoms with Gasteiger partial charge in [-0.15, -0.1) is 0 Å². The van der Waals surface area contributed by atoms with E-state index in [1.807, 2.05) is 0 Å². The first kappa shape index (κ1) is 10.1. The number of alkyl halides is 1. The zero-order valence-corrected chi connectivity index (χ0v) is 8.20. The lowest BCUT2D eigenvalue weighted by atomic mass is 9.92. The van der Waals surface area contributed by atoms with Crippen LogP contribution in [0.4, 0.5) is 4.39 Å². The van der Waals surface area contributed by atoms with E-state index in [0.29, 0.717) is 11.1 Å². The Kier molecular flexibility index (Phi) is 2.44. The molecule has 0 radical (unpaired) electrons. The second-order valence-corrected chi connectivity index (χ2v) is 3.84. The van der Waals surface area contributed by atoms with Crippen LogP contribution in [0.3, 0.4) is 0 Å². The number of carbonyl (C=O) groups excluding carboxylic acids is 1. The van der Waals surface area contributed by atoms with Gasteiger partial charge in [-0.05, 0) is 11.6 Å². The molecule has 3 nitrogen and oxygen atoms in total. The highest BCUT2D eigenvalue weighted by atomic mass is 19.1. The summed E-state index contributed by atoms with van der Waals surface area (Å²) in [5, 5.41) is 0. The predicted octanol–water partition coefficient (Wildman–Crippen LogP) is 1.07. The van der Waals surface area contributed by atoms with Gasteiger partial charge in [0.1, 0.15) is 0 Å². The summed E-state index contributed by atoms with van der Waals surface area (Å²) in [5.41, 5.74) is 4.91. The van der Waals surface area contributed by atoms with Crippen LogP contribution in [0.25, 0.3) is 0 Å². The summed E-state index contributed by atoms with van der Waals surface area (Å²) in [7, 11) is 0. The topological polar surface area (TPSA) is 52.3 Å². The number of halogens is 1. The van der Waals surface area contributed by atoms with E-state index in [2.05, 4.69) is 0 Å². The van der Waals surface area contributed by atoms with Gasteiger partial charge in [-0.25, -0.2) is 4.39 Å². The summed E-state index contributed by atoms with van der Waals surface area (Å²) in [5.74, 6) is -0.519. The summed E-state index contributed by atoms with van der Waals surface area (Å²) in [6.45, 7) is 0.195.